The first-order valence-electron chi connectivity index (χ1n) is 6.76. The molecule has 5 heteroatoms. The van der Waals surface area contributed by atoms with Crippen LogP contribution in [-0.2, 0) is 0 Å². The van der Waals surface area contributed by atoms with Crippen LogP contribution < -0.4 is 10.2 Å². The van der Waals surface area contributed by atoms with Crippen LogP contribution in [-0.4, -0.2) is 36.1 Å². The SMILES string of the molecule is CN(CCO)c1cccc(C2C=CN=C3NC=CC32)n1. The van der Waals surface area contributed by atoms with Crippen LogP contribution in [0.4, 0.5) is 5.82 Å². The van der Waals surface area contributed by atoms with E-state index in [1.165, 1.54) is 0 Å². The minimum Gasteiger partial charge on any atom is -0.395 e. The van der Waals surface area contributed by atoms with Crippen LogP contribution in [0.2, 0.25) is 0 Å². The fraction of sp³-hybridized carbons (Fsp3) is 0.333. The van der Waals surface area contributed by atoms with Crippen LogP contribution in [0, 0.1) is 5.92 Å². The third-order valence-electron chi connectivity index (χ3n) is 3.67. The van der Waals surface area contributed by atoms with Gasteiger partial charge in [-0.25, -0.2) is 9.98 Å². The normalized spacial score (nSPS) is 23.2. The quantitative estimate of drug-likeness (QED) is 0.864. The summed E-state index contributed by atoms with van der Waals surface area (Å²) in [5, 5.41) is 12.2. The molecule has 0 radical (unpaired) electrons. The molecule has 0 saturated carbocycles. The van der Waals surface area contributed by atoms with Crippen molar-refractivity contribution in [3.05, 3.63) is 48.4 Å². The number of aliphatic imine (C=N–C) groups is 1. The van der Waals surface area contributed by atoms with Crippen molar-refractivity contribution in [1.82, 2.24) is 10.3 Å². The molecular weight excluding hydrogens is 252 g/mol. The number of hydrogen-bond acceptors (Lipinski definition) is 5. The summed E-state index contributed by atoms with van der Waals surface area (Å²) in [6.45, 7) is 0.701. The van der Waals surface area contributed by atoms with E-state index in [0.717, 1.165) is 17.3 Å². The zero-order valence-electron chi connectivity index (χ0n) is 11.4. The monoisotopic (exact) mass is 270 g/mol. The first-order valence-corrected chi connectivity index (χ1v) is 6.76. The molecule has 0 bridgehead atoms. The Balaban J connectivity index is 1.87. The summed E-state index contributed by atoms with van der Waals surface area (Å²) in [5.74, 6) is 2.31. The molecule has 2 unspecified atom stereocenters. The number of anilines is 1. The van der Waals surface area contributed by atoms with Gasteiger partial charge in [-0.1, -0.05) is 18.2 Å². The molecule has 0 aromatic carbocycles. The predicted molar refractivity (Wildman–Crippen MR) is 79.7 cm³/mol. The second-order valence-corrected chi connectivity index (χ2v) is 4.98. The molecule has 20 heavy (non-hydrogen) atoms. The lowest BCUT2D eigenvalue weighted by atomic mass is 9.87. The van der Waals surface area contributed by atoms with Crippen LogP contribution in [0.25, 0.3) is 0 Å². The van der Waals surface area contributed by atoms with Crippen molar-refractivity contribution < 1.29 is 5.11 Å². The summed E-state index contributed by atoms with van der Waals surface area (Å²) in [6.07, 6.45) is 7.98. The maximum atomic E-state index is 9.03. The van der Waals surface area contributed by atoms with E-state index in [9.17, 15) is 0 Å². The van der Waals surface area contributed by atoms with Crippen LogP contribution >= 0.6 is 0 Å². The first-order chi connectivity index (χ1) is 9.79. The van der Waals surface area contributed by atoms with Crippen molar-refractivity contribution in [1.29, 1.82) is 0 Å². The second kappa shape index (κ2) is 5.46. The molecule has 3 heterocycles. The maximum Gasteiger partial charge on any atom is 0.128 e. The van der Waals surface area contributed by atoms with Gasteiger partial charge in [0.05, 0.1) is 12.3 Å². The van der Waals surface area contributed by atoms with E-state index in [4.69, 9.17) is 10.1 Å². The van der Waals surface area contributed by atoms with Crippen LogP contribution in [0.5, 0.6) is 0 Å². The van der Waals surface area contributed by atoms with Gasteiger partial charge in [0.25, 0.3) is 0 Å². The second-order valence-electron chi connectivity index (χ2n) is 4.98. The van der Waals surface area contributed by atoms with E-state index in [2.05, 4.69) is 22.5 Å². The van der Waals surface area contributed by atoms with E-state index in [1.54, 1.807) is 0 Å². The number of aliphatic hydroxyl groups excluding tert-OH is 1. The summed E-state index contributed by atoms with van der Waals surface area (Å²) in [7, 11) is 1.93. The summed E-state index contributed by atoms with van der Waals surface area (Å²) >= 11 is 0. The van der Waals surface area contributed by atoms with Gasteiger partial charge in [-0.15, -0.1) is 0 Å². The molecule has 3 rings (SSSR count). The van der Waals surface area contributed by atoms with Crippen molar-refractivity contribution in [2.45, 2.75) is 5.92 Å². The van der Waals surface area contributed by atoms with Gasteiger partial charge in [0, 0.05) is 31.6 Å². The van der Waals surface area contributed by atoms with E-state index in [1.807, 2.05) is 42.5 Å². The molecule has 2 aliphatic rings. The third kappa shape index (κ3) is 2.32. The molecule has 0 aliphatic carbocycles. The Morgan fingerprint density at radius 1 is 1.30 bits per heavy atom. The number of allylic oxidation sites excluding steroid dienone is 1. The lowest BCUT2D eigenvalue weighted by Gasteiger charge is -2.23. The topological polar surface area (TPSA) is 60.8 Å². The summed E-state index contributed by atoms with van der Waals surface area (Å²) in [6, 6.07) is 6.01. The molecule has 104 valence electrons. The lowest BCUT2D eigenvalue weighted by molar-refractivity contribution is 0.304. The molecule has 2 N–H and O–H groups in total. The van der Waals surface area contributed by atoms with Crippen LogP contribution in [0.3, 0.4) is 0 Å². The van der Waals surface area contributed by atoms with Crippen LogP contribution in [0.1, 0.15) is 11.6 Å². The Hall–Kier alpha value is -2.14. The van der Waals surface area contributed by atoms with Crippen molar-refractivity contribution in [2.24, 2.45) is 10.9 Å². The number of hydrogen-bond donors (Lipinski definition) is 2. The van der Waals surface area contributed by atoms with Crippen molar-refractivity contribution >= 4 is 11.7 Å². The lowest BCUT2D eigenvalue weighted by Crippen LogP contribution is -2.27. The smallest absolute Gasteiger partial charge is 0.128 e. The van der Waals surface area contributed by atoms with E-state index < -0.39 is 0 Å². The molecule has 2 atom stereocenters. The fourth-order valence-electron chi connectivity index (χ4n) is 2.56. The molecule has 1 aromatic heterocycles. The molecular formula is C15H18N4O. The predicted octanol–water partition coefficient (Wildman–Crippen LogP) is 1.25. The van der Waals surface area contributed by atoms with Crippen molar-refractivity contribution in [2.75, 3.05) is 25.1 Å². The highest BCUT2D eigenvalue weighted by Gasteiger charge is 2.29. The Morgan fingerprint density at radius 3 is 3.05 bits per heavy atom. The minimum absolute atomic E-state index is 0.123. The van der Waals surface area contributed by atoms with Gasteiger partial charge < -0.3 is 15.3 Å². The van der Waals surface area contributed by atoms with Gasteiger partial charge in [0.2, 0.25) is 0 Å². The number of fused-ring (bicyclic) bond motifs is 1. The maximum absolute atomic E-state index is 9.03. The average Bonchev–Trinajstić information content (AvgIpc) is 2.96. The number of amidine groups is 1. The molecule has 0 amide bonds. The molecule has 0 saturated heterocycles. The van der Waals surface area contributed by atoms with E-state index in [0.29, 0.717) is 6.54 Å². The van der Waals surface area contributed by atoms with Gasteiger partial charge in [0.15, 0.2) is 0 Å². The summed E-state index contributed by atoms with van der Waals surface area (Å²) in [5.41, 5.74) is 1.02. The van der Waals surface area contributed by atoms with Gasteiger partial charge >= 0.3 is 0 Å². The summed E-state index contributed by atoms with van der Waals surface area (Å²) in [4.78, 5) is 11.0. The average molecular weight is 270 g/mol. The Labute approximate surface area is 118 Å². The molecule has 2 aliphatic heterocycles. The van der Waals surface area contributed by atoms with Gasteiger partial charge in [-0.3, -0.25) is 0 Å². The van der Waals surface area contributed by atoms with Gasteiger partial charge in [-0.05, 0) is 18.3 Å². The number of aliphatic hydroxyl groups is 1. The van der Waals surface area contributed by atoms with E-state index >= 15 is 0 Å². The fourth-order valence-corrected chi connectivity index (χ4v) is 2.56. The molecule has 1 aromatic rings. The van der Waals surface area contributed by atoms with Gasteiger partial charge in [-0.2, -0.15) is 0 Å². The number of pyridine rings is 1. The zero-order valence-corrected chi connectivity index (χ0v) is 11.4. The molecule has 0 fully saturated rings. The molecule has 5 nitrogen and oxygen atoms in total. The number of nitrogens with one attached hydrogen (secondary N) is 1. The largest absolute Gasteiger partial charge is 0.395 e. The number of nitrogens with zero attached hydrogens (tertiary/aromatic N) is 3. The highest BCUT2D eigenvalue weighted by atomic mass is 16.3. The van der Waals surface area contributed by atoms with E-state index in [-0.39, 0.29) is 18.4 Å². The highest BCUT2D eigenvalue weighted by Crippen LogP contribution is 2.32. The third-order valence-corrected chi connectivity index (χ3v) is 3.67. The standard InChI is InChI=1S/C15H18N4O/c1-19(9-10-20)14-4-2-3-13(18-14)11-5-7-16-15-12(11)6-8-17-15/h2-8,11-12,20H,9-10H2,1H3,(H,16,17). The highest BCUT2D eigenvalue weighted by molar-refractivity contribution is 5.91. The number of likely N-dealkylation sites (N-methyl/N-ethyl adjacent to an activating group) is 1. The van der Waals surface area contributed by atoms with Crippen molar-refractivity contribution in [3.63, 3.8) is 0 Å². The van der Waals surface area contributed by atoms with Gasteiger partial charge in [0.1, 0.15) is 11.7 Å². The Kier molecular flexibility index (Phi) is 3.52. The number of rotatable bonds is 4. The Bertz CT molecular complexity index is 579. The Morgan fingerprint density at radius 2 is 2.20 bits per heavy atom. The minimum atomic E-state index is 0.123. The van der Waals surface area contributed by atoms with Crippen molar-refractivity contribution in [3.8, 4) is 0 Å². The summed E-state index contributed by atoms with van der Waals surface area (Å²) < 4.78 is 0. The van der Waals surface area contributed by atoms with Crippen LogP contribution in [0.15, 0.2) is 47.7 Å². The zero-order chi connectivity index (χ0) is 13.9. The first kappa shape index (κ1) is 12.9. The number of aromatic nitrogens is 1. The molecule has 0 spiro atoms.